The smallest absolute Gasteiger partial charge is 0.234 e. The summed E-state index contributed by atoms with van der Waals surface area (Å²) in [4.78, 5) is 25.6. The van der Waals surface area contributed by atoms with Gasteiger partial charge >= 0.3 is 0 Å². The van der Waals surface area contributed by atoms with Crippen LogP contribution in [0.3, 0.4) is 0 Å². The number of nitrogens with one attached hydrogen (secondary N) is 1. The van der Waals surface area contributed by atoms with E-state index in [1.54, 1.807) is 11.0 Å². The molecule has 0 aliphatic carbocycles. The second-order valence-corrected chi connectivity index (χ2v) is 6.12. The fourth-order valence-electron chi connectivity index (χ4n) is 2.68. The summed E-state index contributed by atoms with van der Waals surface area (Å²) in [6.07, 6.45) is 10.1. The number of amides is 2. The van der Waals surface area contributed by atoms with Crippen LogP contribution in [0.2, 0.25) is 0 Å². The van der Waals surface area contributed by atoms with Crippen molar-refractivity contribution in [2.24, 2.45) is 0 Å². The molecule has 4 nitrogen and oxygen atoms in total. The van der Waals surface area contributed by atoms with Crippen LogP contribution in [0.4, 0.5) is 10.5 Å². The Bertz CT molecular complexity index is 763. The highest BCUT2D eigenvalue weighted by Crippen LogP contribution is 2.28. The van der Waals surface area contributed by atoms with Crippen molar-refractivity contribution < 1.29 is 9.59 Å². The zero-order chi connectivity index (χ0) is 18.2. The van der Waals surface area contributed by atoms with Gasteiger partial charge in [0.2, 0.25) is 11.6 Å². The van der Waals surface area contributed by atoms with Crippen LogP contribution >= 0.6 is 9.24 Å². The molecule has 1 aromatic carbocycles. The van der Waals surface area contributed by atoms with Crippen LogP contribution in [-0.4, -0.2) is 24.6 Å². The maximum absolute atomic E-state index is 12.8. The highest BCUT2D eigenvalue weighted by Gasteiger charge is 2.20. The van der Waals surface area contributed by atoms with Gasteiger partial charge in [-0.3, -0.25) is 9.59 Å². The van der Waals surface area contributed by atoms with E-state index < -0.39 is 0 Å². The average Bonchev–Trinajstić information content (AvgIpc) is 2.58. The molecule has 25 heavy (non-hydrogen) atoms. The maximum atomic E-state index is 12.8. The van der Waals surface area contributed by atoms with Crippen molar-refractivity contribution in [3.8, 4) is 0 Å². The van der Waals surface area contributed by atoms with Gasteiger partial charge < -0.3 is 10.2 Å². The Morgan fingerprint density at radius 3 is 2.76 bits per heavy atom. The van der Waals surface area contributed by atoms with Crippen molar-refractivity contribution in [2.75, 3.05) is 18.0 Å². The number of carbonyl (C=O) groups is 2. The lowest BCUT2D eigenvalue weighted by molar-refractivity contribution is -0.118. The molecular formula is C20H23N2O2P. The van der Waals surface area contributed by atoms with Crippen molar-refractivity contribution in [1.29, 1.82) is 0 Å². The molecule has 130 valence electrons. The summed E-state index contributed by atoms with van der Waals surface area (Å²) in [5.74, 6) is -0.0410. The van der Waals surface area contributed by atoms with Gasteiger partial charge in [0.1, 0.15) is 0 Å². The van der Waals surface area contributed by atoms with E-state index in [-0.39, 0.29) is 18.0 Å². The van der Waals surface area contributed by atoms with Crippen molar-refractivity contribution >= 4 is 32.6 Å². The Kier molecular flexibility index (Phi) is 6.91. The SMILES string of the molecule is C=C/C1=C(\C=C/C)/C=C\c2ccccc2N(C(=O)CCNC(=O)P)C1. The van der Waals surface area contributed by atoms with Gasteiger partial charge in [0.05, 0.1) is 12.2 Å². The zero-order valence-corrected chi connectivity index (χ0v) is 15.5. The molecule has 1 unspecified atom stereocenters. The molecule has 1 heterocycles. The summed E-state index contributed by atoms with van der Waals surface area (Å²) in [5, 5.41) is 2.64. The van der Waals surface area contributed by atoms with E-state index in [0.29, 0.717) is 13.1 Å². The summed E-state index contributed by atoms with van der Waals surface area (Å²) in [7, 11) is 2.05. The third-order valence-electron chi connectivity index (χ3n) is 3.90. The van der Waals surface area contributed by atoms with Gasteiger partial charge in [-0.1, -0.05) is 55.2 Å². The van der Waals surface area contributed by atoms with Crippen molar-refractivity contribution in [1.82, 2.24) is 5.32 Å². The van der Waals surface area contributed by atoms with E-state index >= 15 is 0 Å². The molecule has 1 aliphatic heterocycles. The molecule has 0 saturated heterocycles. The van der Waals surface area contributed by atoms with Crippen LogP contribution < -0.4 is 10.2 Å². The zero-order valence-electron chi connectivity index (χ0n) is 14.4. The normalized spacial score (nSPS) is 18.2. The predicted octanol–water partition coefficient (Wildman–Crippen LogP) is 4.08. The Morgan fingerprint density at radius 2 is 2.08 bits per heavy atom. The summed E-state index contributed by atoms with van der Waals surface area (Å²) in [6, 6.07) is 7.80. The summed E-state index contributed by atoms with van der Waals surface area (Å²) in [6.45, 7) is 6.61. The fraction of sp³-hybridized carbons (Fsp3) is 0.200. The summed E-state index contributed by atoms with van der Waals surface area (Å²) in [5.41, 5.74) is 3.64. The number of rotatable bonds is 5. The summed E-state index contributed by atoms with van der Waals surface area (Å²) < 4.78 is 0. The molecule has 2 rings (SSSR count). The third-order valence-corrected chi connectivity index (χ3v) is 4.11. The maximum Gasteiger partial charge on any atom is 0.234 e. The van der Waals surface area contributed by atoms with Crippen LogP contribution in [0, 0.1) is 0 Å². The van der Waals surface area contributed by atoms with Gasteiger partial charge in [0.25, 0.3) is 0 Å². The molecule has 0 radical (unpaired) electrons. The van der Waals surface area contributed by atoms with E-state index in [1.165, 1.54) is 0 Å². The average molecular weight is 354 g/mol. The Balaban J connectivity index is 2.40. The van der Waals surface area contributed by atoms with Gasteiger partial charge in [-0.2, -0.15) is 0 Å². The number of fused-ring (bicyclic) bond motifs is 1. The standard InChI is InChI=1S/C20H23N2O2P/c1-3-7-16-10-11-17-8-5-6-9-18(17)22(14-15(16)4-2)19(23)12-13-21-20(24)25/h3-11H,2,12-14,25H2,1H3,(H,21,24)/b7-3-,11-10-,16-15-. The van der Waals surface area contributed by atoms with E-state index in [4.69, 9.17) is 0 Å². The first-order valence-corrected chi connectivity index (χ1v) is 8.73. The van der Waals surface area contributed by atoms with Crippen molar-refractivity contribution in [3.63, 3.8) is 0 Å². The number of anilines is 1. The lowest BCUT2D eigenvalue weighted by atomic mass is 10.0. The second-order valence-electron chi connectivity index (χ2n) is 5.60. The van der Waals surface area contributed by atoms with Crippen LogP contribution in [0.25, 0.3) is 6.08 Å². The van der Waals surface area contributed by atoms with Gasteiger partial charge in [-0.05, 0) is 38.9 Å². The van der Waals surface area contributed by atoms with E-state index in [1.807, 2.05) is 64.7 Å². The Hall–Kier alpha value is -2.45. The largest absolute Gasteiger partial charge is 0.352 e. The second kappa shape index (κ2) is 9.14. The molecule has 1 aromatic rings. The number of allylic oxidation sites excluding steroid dienone is 4. The van der Waals surface area contributed by atoms with E-state index in [2.05, 4.69) is 11.9 Å². The molecule has 0 fully saturated rings. The van der Waals surface area contributed by atoms with Crippen LogP contribution in [0.1, 0.15) is 18.9 Å². The molecule has 1 aliphatic rings. The molecular weight excluding hydrogens is 331 g/mol. The van der Waals surface area contributed by atoms with Crippen molar-refractivity contribution in [3.05, 3.63) is 71.9 Å². The van der Waals surface area contributed by atoms with Crippen LogP contribution in [0.15, 0.2) is 66.3 Å². The first-order chi connectivity index (χ1) is 12.1. The van der Waals surface area contributed by atoms with Gasteiger partial charge in [0, 0.05) is 13.0 Å². The quantitative estimate of drug-likeness (QED) is 0.810. The molecule has 1 N–H and O–H groups in total. The summed E-state index contributed by atoms with van der Waals surface area (Å²) >= 11 is 0. The molecule has 0 spiro atoms. The number of para-hydroxylation sites is 1. The van der Waals surface area contributed by atoms with Gasteiger partial charge in [-0.15, -0.1) is 0 Å². The van der Waals surface area contributed by atoms with Gasteiger partial charge in [-0.25, -0.2) is 0 Å². The lowest BCUT2D eigenvalue weighted by Crippen LogP contribution is -2.36. The molecule has 0 aromatic heterocycles. The highest BCUT2D eigenvalue weighted by molar-refractivity contribution is 7.39. The highest BCUT2D eigenvalue weighted by atomic mass is 31.0. The van der Waals surface area contributed by atoms with E-state index in [0.717, 1.165) is 22.4 Å². The minimum atomic E-state index is -0.217. The number of hydrogen-bond donors (Lipinski definition) is 1. The third kappa shape index (κ3) is 5.01. The lowest BCUT2D eigenvalue weighted by Gasteiger charge is -2.27. The molecule has 2 amide bonds. The van der Waals surface area contributed by atoms with E-state index in [9.17, 15) is 9.59 Å². The molecule has 5 heteroatoms. The van der Waals surface area contributed by atoms with Crippen LogP contribution in [-0.2, 0) is 4.79 Å². The molecule has 1 atom stereocenters. The topological polar surface area (TPSA) is 49.4 Å². The first kappa shape index (κ1) is 18.9. The molecule has 0 saturated carbocycles. The number of benzene rings is 1. The fourth-order valence-corrected chi connectivity index (χ4v) is 2.83. The minimum Gasteiger partial charge on any atom is -0.352 e. The Labute approximate surface area is 151 Å². The number of hydrogen-bond acceptors (Lipinski definition) is 2. The Morgan fingerprint density at radius 1 is 1.32 bits per heavy atom. The monoisotopic (exact) mass is 354 g/mol. The number of carbonyl (C=O) groups excluding carboxylic acids is 2. The van der Waals surface area contributed by atoms with Crippen LogP contribution in [0.5, 0.6) is 0 Å². The first-order valence-electron chi connectivity index (χ1n) is 8.16. The molecule has 0 bridgehead atoms. The number of nitrogens with zero attached hydrogens (tertiary/aromatic N) is 1. The van der Waals surface area contributed by atoms with Crippen molar-refractivity contribution in [2.45, 2.75) is 13.3 Å². The predicted molar refractivity (Wildman–Crippen MR) is 108 cm³/mol. The minimum absolute atomic E-state index is 0.0410. The van der Waals surface area contributed by atoms with Gasteiger partial charge in [0.15, 0.2) is 0 Å².